The summed E-state index contributed by atoms with van der Waals surface area (Å²) in [5, 5.41) is 20.4. The lowest BCUT2D eigenvalue weighted by atomic mass is 9.96. The number of amides is 1. The van der Waals surface area contributed by atoms with Crippen LogP contribution >= 0.6 is 0 Å². The average Bonchev–Trinajstić information content (AvgIpc) is 3.61. The highest BCUT2D eigenvalue weighted by Crippen LogP contribution is 2.45. The Kier molecular flexibility index (Phi) is 6.85. The fourth-order valence-electron chi connectivity index (χ4n) is 4.39. The Morgan fingerprint density at radius 3 is 2.45 bits per heavy atom. The highest BCUT2D eigenvalue weighted by molar-refractivity contribution is 5.99. The van der Waals surface area contributed by atoms with Crippen LogP contribution in [-0.4, -0.2) is 31.9 Å². The van der Waals surface area contributed by atoms with E-state index in [1.165, 1.54) is 38.1 Å². The molecule has 0 aliphatic carbocycles. The van der Waals surface area contributed by atoms with Crippen LogP contribution in [0.1, 0.15) is 43.0 Å². The molecule has 0 radical (unpaired) electrons. The van der Waals surface area contributed by atoms with Crippen LogP contribution in [0.5, 0.6) is 0 Å². The molecule has 9 nitrogen and oxygen atoms in total. The van der Waals surface area contributed by atoms with E-state index in [4.69, 9.17) is 10.2 Å². The molecular formula is C27H21F6N7O2. The lowest BCUT2D eigenvalue weighted by Crippen LogP contribution is -2.43. The molecule has 4 aromatic rings. The molecule has 218 valence electrons. The first-order valence-corrected chi connectivity index (χ1v) is 12.4. The van der Waals surface area contributed by atoms with Gasteiger partial charge in [-0.25, -0.2) is 17.9 Å². The molecule has 0 spiro atoms. The summed E-state index contributed by atoms with van der Waals surface area (Å²) in [5.41, 5.74) is 2.70. The standard InChI is InChI=1S/C27H21F6N7O2/c1-25(2,13-34)24-37-36-22(42-24)16-9-20-17(10-18(16)28)26(29,30)11-19(35)23(41)39(20)12-14-3-5-15(6-4-14)40-8-7-21(38-40)27(31,32)33/h3-10,19H,11-12,35H2,1-2H3/t19-/m0/s1. The molecule has 0 fully saturated rings. The smallest absolute Gasteiger partial charge is 0.419 e. The maximum absolute atomic E-state index is 15.2. The molecule has 42 heavy (non-hydrogen) atoms. The maximum Gasteiger partial charge on any atom is 0.435 e. The summed E-state index contributed by atoms with van der Waals surface area (Å²) >= 11 is 0. The van der Waals surface area contributed by atoms with Gasteiger partial charge in [-0.2, -0.15) is 23.5 Å². The number of nitrogens with zero attached hydrogens (tertiary/aromatic N) is 6. The molecule has 5 rings (SSSR count). The number of hydrogen-bond donors (Lipinski definition) is 1. The topological polar surface area (TPSA) is 127 Å². The van der Waals surface area contributed by atoms with E-state index < -0.39 is 53.0 Å². The van der Waals surface area contributed by atoms with Crippen LogP contribution in [-0.2, 0) is 28.9 Å². The zero-order valence-electron chi connectivity index (χ0n) is 22.0. The quantitative estimate of drug-likeness (QED) is 0.316. The second-order valence-corrected chi connectivity index (χ2v) is 10.2. The SMILES string of the molecule is CC(C)(C#N)c1nnc(-c2cc3c(cc2F)C(F)(F)C[C@H](N)C(=O)N3Cc2ccc(-n3ccc(C(F)(F)F)n3)cc2)o1. The number of alkyl halides is 5. The predicted octanol–water partition coefficient (Wildman–Crippen LogP) is 5.24. The normalized spacial score (nSPS) is 17.1. The average molecular weight is 590 g/mol. The third-order valence-electron chi connectivity index (χ3n) is 6.72. The molecule has 1 atom stereocenters. The van der Waals surface area contributed by atoms with Gasteiger partial charge in [-0.05, 0) is 49.7 Å². The summed E-state index contributed by atoms with van der Waals surface area (Å²) in [5.74, 6) is -6.19. The van der Waals surface area contributed by atoms with Crippen molar-refractivity contribution in [1.82, 2.24) is 20.0 Å². The maximum atomic E-state index is 15.2. The van der Waals surface area contributed by atoms with Gasteiger partial charge >= 0.3 is 6.18 Å². The number of anilines is 1. The molecule has 1 amide bonds. The van der Waals surface area contributed by atoms with Gasteiger partial charge < -0.3 is 15.1 Å². The van der Waals surface area contributed by atoms with Crippen molar-refractivity contribution in [2.75, 3.05) is 4.90 Å². The molecule has 0 unspecified atom stereocenters. The van der Waals surface area contributed by atoms with Gasteiger partial charge in [-0.1, -0.05) is 12.1 Å². The first-order valence-electron chi connectivity index (χ1n) is 12.4. The van der Waals surface area contributed by atoms with Crippen molar-refractivity contribution < 1.29 is 35.6 Å². The molecule has 0 bridgehead atoms. The van der Waals surface area contributed by atoms with Gasteiger partial charge in [0.05, 0.1) is 35.6 Å². The van der Waals surface area contributed by atoms with Crippen LogP contribution in [0.25, 0.3) is 17.1 Å². The number of nitrogens with two attached hydrogens (primary N) is 1. The fourth-order valence-corrected chi connectivity index (χ4v) is 4.39. The van der Waals surface area contributed by atoms with Gasteiger partial charge in [-0.3, -0.25) is 4.79 Å². The summed E-state index contributed by atoms with van der Waals surface area (Å²) in [6.45, 7) is 2.70. The minimum Gasteiger partial charge on any atom is -0.419 e. The molecular weight excluding hydrogens is 568 g/mol. The lowest BCUT2D eigenvalue weighted by molar-refractivity contribution is -0.141. The summed E-state index contributed by atoms with van der Waals surface area (Å²) in [6, 6.07) is 8.55. The van der Waals surface area contributed by atoms with Gasteiger partial charge in [-0.15, -0.1) is 10.2 Å². The summed E-state index contributed by atoms with van der Waals surface area (Å²) in [7, 11) is 0. The van der Waals surface area contributed by atoms with Gasteiger partial charge in [0, 0.05) is 18.2 Å². The summed E-state index contributed by atoms with van der Waals surface area (Å²) in [6.07, 6.45) is -4.57. The van der Waals surface area contributed by atoms with Crippen LogP contribution in [0, 0.1) is 17.1 Å². The number of halogens is 6. The van der Waals surface area contributed by atoms with Gasteiger partial charge in [0.2, 0.25) is 11.8 Å². The van der Waals surface area contributed by atoms with Crippen LogP contribution in [0.3, 0.4) is 0 Å². The van der Waals surface area contributed by atoms with Crippen molar-refractivity contribution in [3.8, 4) is 23.2 Å². The summed E-state index contributed by atoms with van der Waals surface area (Å²) in [4.78, 5) is 14.2. The molecule has 0 saturated carbocycles. The third-order valence-corrected chi connectivity index (χ3v) is 6.72. The molecule has 0 saturated heterocycles. The van der Waals surface area contributed by atoms with E-state index in [0.29, 0.717) is 11.6 Å². The Balaban J connectivity index is 1.54. The third kappa shape index (κ3) is 5.20. The van der Waals surface area contributed by atoms with E-state index in [1.807, 2.05) is 6.07 Å². The van der Waals surface area contributed by atoms with Crippen molar-refractivity contribution in [1.29, 1.82) is 5.26 Å². The van der Waals surface area contributed by atoms with E-state index in [0.717, 1.165) is 27.9 Å². The zero-order chi connectivity index (χ0) is 30.6. The van der Waals surface area contributed by atoms with Gasteiger partial charge in [0.1, 0.15) is 11.2 Å². The van der Waals surface area contributed by atoms with Crippen molar-refractivity contribution in [3.05, 3.63) is 77.2 Å². The van der Waals surface area contributed by atoms with E-state index in [-0.39, 0.29) is 35.3 Å². The number of rotatable bonds is 5. The Labute approximate surface area is 234 Å². The van der Waals surface area contributed by atoms with Crippen molar-refractivity contribution in [3.63, 3.8) is 0 Å². The number of benzene rings is 2. The number of aromatic nitrogens is 4. The first kappa shape index (κ1) is 28.8. The highest BCUT2D eigenvalue weighted by Gasteiger charge is 2.45. The molecule has 15 heteroatoms. The Bertz CT molecular complexity index is 1700. The zero-order valence-corrected chi connectivity index (χ0v) is 22.0. The Hall–Kier alpha value is -4.71. The van der Waals surface area contributed by atoms with Crippen LogP contribution in [0.4, 0.5) is 32.0 Å². The van der Waals surface area contributed by atoms with Crippen molar-refractivity contribution in [2.24, 2.45) is 5.73 Å². The molecule has 2 aromatic carbocycles. The van der Waals surface area contributed by atoms with Gasteiger partial charge in [0.25, 0.3) is 11.8 Å². The second-order valence-electron chi connectivity index (χ2n) is 10.2. The van der Waals surface area contributed by atoms with E-state index >= 15 is 13.2 Å². The van der Waals surface area contributed by atoms with Crippen molar-refractivity contribution >= 4 is 11.6 Å². The van der Waals surface area contributed by atoms with Crippen LogP contribution in [0.15, 0.2) is 53.1 Å². The first-order chi connectivity index (χ1) is 19.6. The van der Waals surface area contributed by atoms with Crippen LogP contribution < -0.4 is 10.6 Å². The van der Waals surface area contributed by atoms with E-state index in [9.17, 15) is 23.2 Å². The van der Waals surface area contributed by atoms with Gasteiger partial charge in [0.15, 0.2) is 5.69 Å². The molecule has 2 N–H and O–H groups in total. The predicted molar refractivity (Wildman–Crippen MR) is 135 cm³/mol. The Morgan fingerprint density at radius 2 is 1.83 bits per heavy atom. The highest BCUT2D eigenvalue weighted by atomic mass is 19.4. The monoisotopic (exact) mass is 589 g/mol. The summed E-state index contributed by atoms with van der Waals surface area (Å²) < 4.78 is 91.0. The Morgan fingerprint density at radius 1 is 1.14 bits per heavy atom. The number of fused-ring (bicyclic) bond motifs is 1. The largest absolute Gasteiger partial charge is 0.435 e. The minimum atomic E-state index is -4.63. The van der Waals surface area contributed by atoms with Crippen LogP contribution in [0.2, 0.25) is 0 Å². The molecule has 1 aliphatic heterocycles. The molecule has 1 aliphatic rings. The minimum absolute atomic E-state index is 0.130. The number of nitriles is 1. The lowest BCUT2D eigenvalue weighted by Gasteiger charge is -2.25. The molecule has 2 aromatic heterocycles. The fraction of sp³-hybridized carbons (Fsp3) is 0.296. The van der Waals surface area contributed by atoms with Crippen molar-refractivity contribution in [2.45, 2.75) is 50.4 Å². The molecule has 3 heterocycles. The number of carbonyl (C=O) groups is 1. The second kappa shape index (κ2) is 9.98. The number of hydrogen-bond acceptors (Lipinski definition) is 7. The number of carbonyl (C=O) groups excluding carboxylic acids is 1. The van der Waals surface area contributed by atoms with E-state index in [1.54, 1.807) is 0 Å². The van der Waals surface area contributed by atoms with E-state index in [2.05, 4.69) is 15.3 Å².